The van der Waals surface area contributed by atoms with Crippen molar-refractivity contribution in [2.75, 3.05) is 32.9 Å². The van der Waals surface area contributed by atoms with Crippen molar-refractivity contribution in [1.29, 1.82) is 0 Å². The van der Waals surface area contributed by atoms with E-state index in [2.05, 4.69) is 36.9 Å². The first-order valence-electron chi connectivity index (χ1n) is 10.1. The number of benzene rings is 2. The van der Waals surface area contributed by atoms with Crippen LogP contribution in [-0.4, -0.2) is 49.0 Å². The first-order chi connectivity index (χ1) is 13.6. The van der Waals surface area contributed by atoms with Gasteiger partial charge in [-0.3, -0.25) is 4.90 Å². The lowest BCUT2D eigenvalue weighted by molar-refractivity contribution is 0.0637. The molecule has 2 aliphatic heterocycles. The SMILES string of the molecule is Cc1cc(C)cc(OCC(O)CN2CCCC2c2ccc3c(c2)OCCO3)c1. The van der Waals surface area contributed by atoms with E-state index in [1.54, 1.807) is 0 Å². The third-order valence-electron chi connectivity index (χ3n) is 5.40. The quantitative estimate of drug-likeness (QED) is 0.825. The molecule has 2 atom stereocenters. The van der Waals surface area contributed by atoms with Crippen molar-refractivity contribution in [1.82, 2.24) is 4.90 Å². The summed E-state index contributed by atoms with van der Waals surface area (Å²) in [5.41, 5.74) is 3.56. The van der Waals surface area contributed by atoms with E-state index < -0.39 is 6.10 Å². The molecule has 28 heavy (non-hydrogen) atoms. The zero-order chi connectivity index (χ0) is 19.5. The first kappa shape index (κ1) is 19.1. The highest BCUT2D eigenvalue weighted by molar-refractivity contribution is 5.44. The maximum Gasteiger partial charge on any atom is 0.161 e. The van der Waals surface area contributed by atoms with E-state index in [0.29, 0.717) is 32.4 Å². The number of hydrogen-bond acceptors (Lipinski definition) is 5. The monoisotopic (exact) mass is 383 g/mol. The number of nitrogens with zero attached hydrogens (tertiary/aromatic N) is 1. The molecule has 5 heteroatoms. The molecule has 1 saturated heterocycles. The van der Waals surface area contributed by atoms with Crippen molar-refractivity contribution in [3.63, 3.8) is 0 Å². The topological polar surface area (TPSA) is 51.2 Å². The summed E-state index contributed by atoms with van der Waals surface area (Å²) < 4.78 is 17.2. The Hall–Kier alpha value is -2.24. The van der Waals surface area contributed by atoms with Gasteiger partial charge in [-0.1, -0.05) is 12.1 Å². The molecule has 0 amide bonds. The van der Waals surface area contributed by atoms with Gasteiger partial charge < -0.3 is 19.3 Å². The van der Waals surface area contributed by atoms with E-state index in [1.165, 1.54) is 16.7 Å². The van der Waals surface area contributed by atoms with Gasteiger partial charge in [-0.25, -0.2) is 0 Å². The number of ether oxygens (including phenoxy) is 3. The fraction of sp³-hybridized carbons (Fsp3) is 0.478. The number of aliphatic hydroxyl groups excluding tert-OH is 1. The predicted octanol–water partition coefficient (Wildman–Crippen LogP) is 3.65. The predicted molar refractivity (Wildman–Crippen MR) is 108 cm³/mol. The van der Waals surface area contributed by atoms with Crippen LogP contribution in [-0.2, 0) is 0 Å². The smallest absolute Gasteiger partial charge is 0.161 e. The lowest BCUT2D eigenvalue weighted by atomic mass is 10.0. The van der Waals surface area contributed by atoms with Gasteiger partial charge in [-0.15, -0.1) is 0 Å². The largest absolute Gasteiger partial charge is 0.491 e. The molecule has 2 aliphatic rings. The Morgan fingerprint density at radius 1 is 1.07 bits per heavy atom. The summed E-state index contributed by atoms with van der Waals surface area (Å²) in [6.07, 6.45) is 1.69. The molecule has 1 fully saturated rings. The Labute approximate surface area is 166 Å². The summed E-state index contributed by atoms with van der Waals surface area (Å²) in [6, 6.07) is 12.6. The third kappa shape index (κ3) is 4.42. The van der Waals surface area contributed by atoms with Gasteiger partial charge >= 0.3 is 0 Å². The second kappa shape index (κ2) is 8.41. The van der Waals surface area contributed by atoms with Crippen LogP contribution in [0.2, 0.25) is 0 Å². The van der Waals surface area contributed by atoms with Crippen molar-refractivity contribution in [2.45, 2.75) is 38.8 Å². The maximum absolute atomic E-state index is 10.6. The first-order valence-corrected chi connectivity index (χ1v) is 10.1. The number of aliphatic hydroxyl groups is 1. The zero-order valence-corrected chi connectivity index (χ0v) is 16.7. The van der Waals surface area contributed by atoms with Gasteiger partial charge in [0.15, 0.2) is 11.5 Å². The number of β-amino-alcohol motifs (C(OH)–C–C–N with tert-alkyl or cyclic N) is 1. The van der Waals surface area contributed by atoms with Crippen LogP contribution < -0.4 is 14.2 Å². The summed E-state index contributed by atoms with van der Waals surface area (Å²) in [5.74, 6) is 2.47. The van der Waals surface area contributed by atoms with Crippen LogP contribution in [0.3, 0.4) is 0 Å². The van der Waals surface area contributed by atoms with Gasteiger partial charge in [-0.05, 0) is 74.2 Å². The Bertz CT molecular complexity index is 802. The highest BCUT2D eigenvalue weighted by Crippen LogP contribution is 2.38. The van der Waals surface area contributed by atoms with Gasteiger partial charge in [-0.2, -0.15) is 0 Å². The Balaban J connectivity index is 1.37. The summed E-state index contributed by atoms with van der Waals surface area (Å²) in [6.45, 7) is 7.20. The average Bonchev–Trinajstić information content (AvgIpc) is 3.13. The molecule has 2 unspecified atom stereocenters. The van der Waals surface area contributed by atoms with Crippen molar-refractivity contribution in [3.8, 4) is 17.2 Å². The molecule has 2 aromatic rings. The molecule has 2 aromatic carbocycles. The molecule has 0 radical (unpaired) electrons. The van der Waals surface area contributed by atoms with Crippen LogP contribution in [0.1, 0.15) is 35.6 Å². The fourth-order valence-corrected chi connectivity index (χ4v) is 4.22. The minimum atomic E-state index is -0.529. The summed E-state index contributed by atoms with van der Waals surface area (Å²) in [7, 11) is 0. The van der Waals surface area contributed by atoms with Gasteiger partial charge in [0, 0.05) is 12.6 Å². The van der Waals surface area contributed by atoms with E-state index in [0.717, 1.165) is 36.6 Å². The van der Waals surface area contributed by atoms with Crippen molar-refractivity contribution >= 4 is 0 Å². The molecular weight excluding hydrogens is 354 g/mol. The van der Waals surface area contributed by atoms with Crippen LogP contribution in [0.5, 0.6) is 17.2 Å². The normalized spacial score (nSPS) is 20.2. The average molecular weight is 383 g/mol. The van der Waals surface area contributed by atoms with Gasteiger partial charge in [0.1, 0.15) is 31.7 Å². The van der Waals surface area contributed by atoms with Crippen LogP contribution >= 0.6 is 0 Å². The molecule has 4 rings (SSSR count). The number of hydrogen-bond donors (Lipinski definition) is 1. The molecule has 0 spiro atoms. The van der Waals surface area contributed by atoms with Gasteiger partial charge in [0.25, 0.3) is 0 Å². The van der Waals surface area contributed by atoms with E-state index in [4.69, 9.17) is 14.2 Å². The van der Waals surface area contributed by atoms with Crippen LogP contribution in [0, 0.1) is 13.8 Å². The lowest BCUT2D eigenvalue weighted by Crippen LogP contribution is -2.35. The van der Waals surface area contributed by atoms with Crippen molar-refractivity contribution in [2.24, 2.45) is 0 Å². The number of fused-ring (bicyclic) bond motifs is 1. The summed E-state index contributed by atoms with van der Waals surface area (Å²) in [5, 5.41) is 10.6. The Kier molecular flexibility index (Phi) is 5.74. The van der Waals surface area contributed by atoms with E-state index in [-0.39, 0.29) is 0 Å². The second-order valence-electron chi connectivity index (χ2n) is 7.84. The lowest BCUT2D eigenvalue weighted by Gasteiger charge is -2.28. The second-order valence-corrected chi connectivity index (χ2v) is 7.84. The van der Waals surface area contributed by atoms with Gasteiger partial charge in [0.2, 0.25) is 0 Å². The minimum absolute atomic E-state index is 0.298. The van der Waals surface area contributed by atoms with Gasteiger partial charge in [0.05, 0.1) is 0 Å². The van der Waals surface area contributed by atoms with Crippen molar-refractivity contribution < 1.29 is 19.3 Å². The van der Waals surface area contributed by atoms with Crippen LogP contribution in [0.25, 0.3) is 0 Å². The maximum atomic E-state index is 10.6. The number of likely N-dealkylation sites (tertiary alicyclic amines) is 1. The van der Waals surface area contributed by atoms with E-state index >= 15 is 0 Å². The highest BCUT2D eigenvalue weighted by Gasteiger charge is 2.29. The zero-order valence-electron chi connectivity index (χ0n) is 16.7. The number of aryl methyl sites for hydroxylation is 2. The highest BCUT2D eigenvalue weighted by atomic mass is 16.6. The number of rotatable bonds is 6. The molecule has 0 aliphatic carbocycles. The third-order valence-corrected chi connectivity index (χ3v) is 5.40. The van der Waals surface area contributed by atoms with Crippen molar-refractivity contribution in [3.05, 3.63) is 53.1 Å². The summed E-state index contributed by atoms with van der Waals surface area (Å²) in [4.78, 5) is 2.35. The molecule has 0 aromatic heterocycles. The molecule has 2 heterocycles. The van der Waals surface area contributed by atoms with E-state index in [9.17, 15) is 5.11 Å². The molecule has 5 nitrogen and oxygen atoms in total. The molecule has 0 saturated carbocycles. The van der Waals surface area contributed by atoms with Crippen LogP contribution in [0.15, 0.2) is 36.4 Å². The summed E-state index contributed by atoms with van der Waals surface area (Å²) >= 11 is 0. The Morgan fingerprint density at radius 3 is 2.61 bits per heavy atom. The molecule has 0 bridgehead atoms. The van der Waals surface area contributed by atoms with Crippen LogP contribution in [0.4, 0.5) is 0 Å². The molecule has 150 valence electrons. The molecular formula is C23H29NO4. The molecule has 1 N–H and O–H groups in total. The fourth-order valence-electron chi connectivity index (χ4n) is 4.22. The van der Waals surface area contributed by atoms with E-state index in [1.807, 2.05) is 18.2 Å². The Morgan fingerprint density at radius 2 is 1.82 bits per heavy atom. The minimum Gasteiger partial charge on any atom is -0.491 e. The standard InChI is InChI=1S/C23H29NO4/c1-16-10-17(2)12-20(11-16)28-15-19(25)14-24-7-3-4-21(24)18-5-6-22-23(13-18)27-9-8-26-22/h5-6,10-13,19,21,25H,3-4,7-9,14-15H2,1-2H3.